The molecule has 1 aromatic heterocycles. The lowest BCUT2D eigenvalue weighted by Crippen LogP contribution is -2.33. The summed E-state index contributed by atoms with van der Waals surface area (Å²) in [5, 5.41) is 4.48. The normalized spacial score (nSPS) is 15.9. The van der Waals surface area contributed by atoms with Crippen LogP contribution in [0.3, 0.4) is 0 Å². The van der Waals surface area contributed by atoms with Gasteiger partial charge in [-0.25, -0.2) is 4.98 Å². The van der Waals surface area contributed by atoms with E-state index in [1.54, 1.807) is 17.5 Å². The van der Waals surface area contributed by atoms with Gasteiger partial charge in [0.1, 0.15) is 9.34 Å². The van der Waals surface area contributed by atoms with Gasteiger partial charge >= 0.3 is 0 Å². The Hall–Kier alpha value is -0.160. The van der Waals surface area contributed by atoms with Crippen molar-refractivity contribution in [3.8, 4) is 0 Å². The molecule has 0 atom stereocenters. The minimum atomic E-state index is 0.768. The number of likely N-dealkylation sites (N-methyl/N-ethyl adjacent to an activating group) is 1. The molecular formula is C11H18ClN3S. The molecule has 0 saturated heterocycles. The summed E-state index contributed by atoms with van der Waals surface area (Å²) in [6.45, 7) is 6.40. The Morgan fingerprint density at radius 2 is 2.44 bits per heavy atom. The number of nitrogens with one attached hydrogen (secondary N) is 1. The lowest BCUT2D eigenvalue weighted by atomic mass is 10.4. The Balaban J connectivity index is 1.60. The average Bonchev–Trinajstić information content (AvgIpc) is 3.03. The highest BCUT2D eigenvalue weighted by Gasteiger charge is 2.26. The first-order valence-corrected chi connectivity index (χ1v) is 7.04. The molecule has 0 aliphatic heterocycles. The van der Waals surface area contributed by atoms with Crippen LogP contribution in [0.5, 0.6) is 0 Å². The summed E-state index contributed by atoms with van der Waals surface area (Å²) < 4.78 is 0.768. The molecule has 1 aliphatic carbocycles. The van der Waals surface area contributed by atoms with Crippen LogP contribution in [-0.4, -0.2) is 35.6 Å². The van der Waals surface area contributed by atoms with Crippen LogP contribution in [0.15, 0.2) is 6.20 Å². The topological polar surface area (TPSA) is 28.2 Å². The van der Waals surface area contributed by atoms with Crippen molar-refractivity contribution in [2.45, 2.75) is 32.4 Å². The van der Waals surface area contributed by atoms with Gasteiger partial charge in [0.2, 0.25) is 0 Å². The molecular weight excluding hydrogens is 242 g/mol. The Labute approximate surface area is 106 Å². The van der Waals surface area contributed by atoms with E-state index < -0.39 is 0 Å². The number of halogens is 1. The summed E-state index contributed by atoms with van der Waals surface area (Å²) in [4.78, 5) is 6.75. The van der Waals surface area contributed by atoms with Gasteiger partial charge in [0.25, 0.3) is 0 Å². The molecule has 0 unspecified atom stereocenters. The van der Waals surface area contributed by atoms with E-state index in [4.69, 9.17) is 11.6 Å². The summed E-state index contributed by atoms with van der Waals surface area (Å²) in [6, 6.07) is 0.862. The molecule has 1 N–H and O–H groups in total. The van der Waals surface area contributed by atoms with E-state index in [-0.39, 0.29) is 0 Å². The van der Waals surface area contributed by atoms with Crippen molar-refractivity contribution in [1.82, 2.24) is 15.2 Å². The molecule has 5 heteroatoms. The third kappa shape index (κ3) is 3.70. The van der Waals surface area contributed by atoms with Gasteiger partial charge in [-0.15, -0.1) is 11.3 Å². The maximum atomic E-state index is 5.82. The first kappa shape index (κ1) is 12.3. The highest BCUT2D eigenvalue weighted by molar-refractivity contribution is 7.15. The predicted octanol–water partition coefficient (Wildman–Crippen LogP) is 2.37. The van der Waals surface area contributed by atoms with Crippen molar-refractivity contribution in [3.05, 3.63) is 15.5 Å². The molecule has 1 heterocycles. The average molecular weight is 260 g/mol. The fourth-order valence-corrected chi connectivity index (χ4v) is 2.75. The van der Waals surface area contributed by atoms with E-state index in [0.717, 1.165) is 41.6 Å². The van der Waals surface area contributed by atoms with Gasteiger partial charge in [-0.1, -0.05) is 18.5 Å². The van der Waals surface area contributed by atoms with Gasteiger partial charge < -0.3 is 5.32 Å². The van der Waals surface area contributed by atoms with Crippen molar-refractivity contribution < 1.29 is 0 Å². The fraction of sp³-hybridized carbons (Fsp3) is 0.727. The van der Waals surface area contributed by atoms with Crippen LogP contribution in [0.2, 0.25) is 4.34 Å². The molecule has 0 spiro atoms. The highest BCUT2D eigenvalue weighted by Crippen LogP contribution is 2.25. The van der Waals surface area contributed by atoms with E-state index in [1.807, 2.05) is 0 Å². The van der Waals surface area contributed by atoms with Crippen LogP contribution in [0, 0.1) is 0 Å². The molecule has 1 aromatic rings. The molecule has 16 heavy (non-hydrogen) atoms. The smallest absolute Gasteiger partial charge is 0.113 e. The summed E-state index contributed by atoms with van der Waals surface area (Å²) in [5.74, 6) is 0. The number of hydrogen-bond acceptors (Lipinski definition) is 4. The second-order valence-corrected chi connectivity index (χ2v) is 5.84. The van der Waals surface area contributed by atoms with Crippen molar-refractivity contribution in [2.75, 3.05) is 19.6 Å². The molecule has 3 nitrogen and oxygen atoms in total. The van der Waals surface area contributed by atoms with E-state index in [1.165, 1.54) is 12.8 Å². The van der Waals surface area contributed by atoms with Crippen molar-refractivity contribution in [2.24, 2.45) is 0 Å². The third-order valence-corrected chi connectivity index (χ3v) is 3.96. The first-order chi connectivity index (χ1) is 7.79. The Kier molecular flexibility index (Phi) is 4.58. The molecule has 0 radical (unpaired) electrons. The molecule has 2 rings (SSSR count). The number of aromatic nitrogens is 1. The van der Waals surface area contributed by atoms with E-state index in [2.05, 4.69) is 22.1 Å². The third-order valence-electron chi connectivity index (χ3n) is 2.85. The maximum absolute atomic E-state index is 5.82. The lowest BCUT2D eigenvalue weighted by molar-refractivity contribution is 0.277. The molecule has 0 amide bonds. The summed E-state index contributed by atoms with van der Waals surface area (Å²) in [6.07, 6.45) is 4.48. The van der Waals surface area contributed by atoms with Crippen LogP contribution >= 0.6 is 22.9 Å². The number of thiazole rings is 1. The standard InChI is InChI=1S/C11H18ClN3S/c1-2-15(9-3-4-9)6-5-13-8-11-14-7-10(12)16-11/h7,9,13H,2-6,8H2,1H3. The first-order valence-electron chi connectivity index (χ1n) is 5.84. The largest absolute Gasteiger partial charge is 0.309 e. The summed E-state index contributed by atoms with van der Waals surface area (Å²) in [5.41, 5.74) is 0. The van der Waals surface area contributed by atoms with E-state index in [9.17, 15) is 0 Å². The monoisotopic (exact) mass is 259 g/mol. The van der Waals surface area contributed by atoms with Gasteiger partial charge in [0, 0.05) is 25.7 Å². The number of rotatable bonds is 7. The molecule has 1 fully saturated rings. The van der Waals surface area contributed by atoms with Crippen molar-refractivity contribution >= 4 is 22.9 Å². The van der Waals surface area contributed by atoms with Gasteiger partial charge in [0.05, 0.1) is 6.20 Å². The van der Waals surface area contributed by atoms with Crippen LogP contribution < -0.4 is 5.32 Å². The van der Waals surface area contributed by atoms with E-state index in [0.29, 0.717) is 0 Å². The Bertz CT molecular complexity index is 325. The van der Waals surface area contributed by atoms with Gasteiger partial charge in [-0.05, 0) is 19.4 Å². The summed E-state index contributed by atoms with van der Waals surface area (Å²) in [7, 11) is 0. The zero-order valence-corrected chi connectivity index (χ0v) is 11.2. The minimum absolute atomic E-state index is 0.768. The Morgan fingerprint density at radius 1 is 1.62 bits per heavy atom. The van der Waals surface area contributed by atoms with Gasteiger partial charge in [-0.3, -0.25) is 4.90 Å². The second kappa shape index (κ2) is 5.96. The van der Waals surface area contributed by atoms with Gasteiger partial charge in [-0.2, -0.15) is 0 Å². The number of hydrogen-bond donors (Lipinski definition) is 1. The van der Waals surface area contributed by atoms with Crippen LogP contribution in [0.1, 0.15) is 24.8 Å². The quantitative estimate of drug-likeness (QED) is 0.762. The Morgan fingerprint density at radius 3 is 3.00 bits per heavy atom. The van der Waals surface area contributed by atoms with Crippen molar-refractivity contribution in [3.63, 3.8) is 0 Å². The summed E-state index contributed by atoms with van der Waals surface area (Å²) >= 11 is 7.37. The zero-order valence-electron chi connectivity index (χ0n) is 9.58. The lowest BCUT2D eigenvalue weighted by Gasteiger charge is -2.19. The molecule has 1 aliphatic rings. The van der Waals surface area contributed by atoms with Crippen LogP contribution in [-0.2, 0) is 6.54 Å². The molecule has 90 valence electrons. The maximum Gasteiger partial charge on any atom is 0.113 e. The molecule has 0 bridgehead atoms. The SMILES string of the molecule is CCN(CCNCc1ncc(Cl)s1)C1CC1. The van der Waals surface area contributed by atoms with Crippen molar-refractivity contribution in [1.29, 1.82) is 0 Å². The number of nitrogens with zero attached hydrogens (tertiary/aromatic N) is 2. The second-order valence-electron chi connectivity index (χ2n) is 4.09. The van der Waals surface area contributed by atoms with E-state index >= 15 is 0 Å². The fourth-order valence-electron chi connectivity index (χ4n) is 1.83. The molecule has 0 aromatic carbocycles. The molecule has 1 saturated carbocycles. The highest BCUT2D eigenvalue weighted by atomic mass is 35.5. The van der Waals surface area contributed by atoms with Gasteiger partial charge in [0.15, 0.2) is 0 Å². The zero-order chi connectivity index (χ0) is 11.4. The predicted molar refractivity (Wildman–Crippen MR) is 69.1 cm³/mol. The minimum Gasteiger partial charge on any atom is -0.309 e. The van der Waals surface area contributed by atoms with Crippen LogP contribution in [0.25, 0.3) is 0 Å². The van der Waals surface area contributed by atoms with Crippen LogP contribution in [0.4, 0.5) is 0 Å².